The summed E-state index contributed by atoms with van der Waals surface area (Å²) in [5, 5.41) is 4.62. The van der Waals surface area contributed by atoms with E-state index in [2.05, 4.69) is 27.3 Å². The Balaban J connectivity index is 2.22. The maximum Gasteiger partial charge on any atom is 0.171 e. The van der Waals surface area contributed by atoms with Crippen molar-refractivity contribution in [2.75, 3.05) is 7.11 Å². The van der Waals surface area contributed by atoms with Crippen LogP contribution in [-0.4, -0.2) is 18.1 Å². The monoisotopic (exact) mass is 318 g/mol. The molecule has 0 heterocycles. The molecule has 0 radical (unpaired) electrons. The quantitative estimate of drug-likeness (QED) is 0.385. The first-order chi connectivity index (χ1) is 11.3. The molecule has 0 amide bonds. The summed E-state index contributed by atoms with van der Waals surface area (Å²) in [7, 11) is 1.62. The van der Waals surface area contributed by atoms with Crippen LogP contribution in [0.4, 0.5) is 5.69 Å². The van der Waals surface area contributed by atoms with E-state index in [1.54, 1.807) is 7.11 Å². The largest absolute Gasteiger partial charge is 0.494 e. The summed E-state index contributed by atoms with van der Waals surface area (Å²) < 4.78 is 5.35. The summed E-state index contributed by atoms with van der Waals surface area (Å²) in [4.78, 5) is 8.81. The molecule has 3 aromatic rings. The lowest BCUT2D eigenvalue weighted by Crippen LogP contribution is -1.98. The number of methoxy groups -OCH3 is 1. The Morgan fingerprint density at radius 3 is 2.52 bits per heavy atom. The van der Waals surface area contributed by atoms with Crippen LogP contribution in [0.5, 0.6) is 5.75 Å². The fourth-order valence-corrected chi connectivity index (χ4v) is 2.53. The van der Waals surface area contributed by atoms with Gasteiger partial charge in [-0.05, 0) is 35.1 Å². The van der Waals surface area contributed by atoms with Gasteiger partial charge in [0.2, 0.25) is 0 Å². The Hall–Kier alpha value is -2.81. The van der Waals surface area contributed by atoms with E-state index < -0.39 is 0 Å². The predicted octanol–water partition coefficient (Wildman–Crippen LogP) is 5.03. The number of ether oxygens (including phenoxy) is 1. The van der Waals surface area contributed by atoms with Gasteiger partial charge in [0.05, 0.1) is 12.3 Å². The highest BCUT2D eigenvalue weighted by molar-refractivity contribution is 7.78. The average Bonchev–Trinajstić information content (AvgIpc) is 2.61. The first-order valence-electron chi connectivity index (χ1n) is 7.11. The molecule has 0 aliphatic rings. The van der Waals surface area contributed by atoms with Gasteiger partial charge in [-0.1, -0.05) is 54.6 Å². The number of nitrogens with zero attached hydrogens (tertiary/aromatic N) is 2. The molecular weight excluding hydrogens is 304 g/mol. The number of thiocarbonyl (C=S) groups is 1. The van der Waals surface area contributed by atoms with Crippen LogP contribution in [0.15, 0.2) is 76.7 Å². The van der Waals surface area contributed by atoms with E-state index >= 15 is 0 Å². The minimum atomic E-state index is 0.515. The molecule has 0 aromatic heterocycles. The molecule has 112 valence electrons. The summed E-state index contributed by atoms with van der Waals surface area (Å²) >= 11 is 4.80. The molecule has 0 aliphatic carbocycles. The molecule has 3 aromatic carbocycles. The van der Waals surface area contributed by atoms with Crippen molar-refractivity contribution in [1.29, 1.82) is 0 Å². The van der Waals surface area contributed by atoms with Gasteiger partial charge in [0, 0.05) is 5.56 Å². The molecule has 3 nitrogen and oxygen atoms in total. The number of fused-ring (bicyclic) bond motifs is 1. The molecule has 0 saturated heterocycles. The predicted molar refractivity (Wildman–Crippen MR) is 98.2 cm³/mol. The van der Waals surface area contributed by atoms with Crippen molar-refractivity contribution in [1.82, 2.24) is 0 Å². The summed E-state index contributed by atoms with van der Waals surface area (Å²) in [6.45, 7) is 0. The standard InChI is InChI=1S/C19H14N2OS/c1-22-18-12-5-4-11-17(18)21-19(20-13-23)16-10-6-8-14-7-2-3-9-15(14)16/h2-12H,1H3. The minimum Gasteiger partial charge on any atom is -0.494 e. The molecule has 23 heavy (non-hydrogen) atoms. The van der Waals surface area contributed by atoms with E-state index in [1.807, 2.05) is 54.6 Å². The molecule has 0 fully saturated rings. The number of amidine groups is 1. The van der Waals surface area contributed by atoms with Gasteiger partial charge < -0.3 is 4.74 Å². The topological polar surface area (TPSA) is 34.0 Å². The second-order valence-corrected chi connectivity index (χ2v) is 5.02. The molecule has 0 unspecified atom stereocenters. The molecule has 0 saturated carbocycles. The summed E-state index contributed by atoms with van der Waals surface area (Å²) in [5.41, 5.74) is 1.61. The molecule has 0 bridgehead atoms. The van der Waals surface area contributed by atoms with Gasteiger partial charge in [-0.15, -0.1) is 0 Å². The van der Waals surface area contributed by atoms with Crippen molar-refractivity contribution in [3.63, 3.8) is 0 Å². The number of rotatable bonds is 3. The van der Waals surface area contributed by atoms with Gasteiger partial charge in [-0.3, -0.25) is 0 Å². The van der Waals surface area contributed by atoms with E-state index in [9.17, 15) is 0 Å². The van der Waals surface area contributed by atoms with Gasteiger partial charge in [0.25, 0.3) is 0 Å². The second kappa shape index (κ2) is 6.97. The van der Waals surface area contributed by atoms with Crippen molar-refractivity contribution in [3.05, 3.63) is 72.3 Å². The van der Waals surface area contributed by atoms with E-state index in [4.69, 9.17) is 17.0 Å². The van der Waals surface area contributed by atoms with Gasteiger partial charge in [-0.2, -0.15) is 4.99 Å². The number of aliphatic imine (C=N–C) groups is 2. The lowest BCUT2D eigenvalue weighted by Gasteiger charge is -2.07. The molecule has 0 atom stereocenters. The Bertz CT molecular complexity index is 922. The van der Waals surface area contributed by atoms with Gasteiger partial charge in [0.15, 0.2) is 5.84 Å². The van der Waals surface area contributed by atoms with Crippen molar-refractivity contribution in [2.45, 2.75) is 0 Å². The van der Waals surface area contributed by atoms with E-state index in [1.165, 1.54) is 0 Å². The second-order valence-electron chi connectivity index (χ2n) is 4.84. The Morgan fingerprint density at radius 2 is 1.70 bits per heavy atom. The normalized spacial score (nSPS) is 11.1. The van der Waals surface area contributed by atoms with Gasteiger partial charge in [-0.25, -0.2) is 4.99 Å². The molecule has 0 spiro atoms. The van der Waals surface area contributed by atoms with Gasteiger partial charge in [0.1, 0.15) is 11.4 Å². The van der Waals surface area contributed by atoms with Crippen LogP contribution in [0.25, 0.3) is 10.8 Å². The number of benzene rings is 3. The maximum absolute atomic E-state index is 5.35. The molecule has 0 N–H and O–H groups in total. The van der Waals surface area contributed by atoms with Crippen LogP contribution >= 0.6 is 12.2 Å². The third kappa shape index (κ3) is 3.19. The molecular formula is C19H14N2OS. The van der Waals surface area contributed by atoms with E-state index in [0.717, 1.165) is 16.3 Å². The highest BCUT2D eigenvalue weighted by atomic mass is 32.1. The van der Waals surface area contributed by atoms with Crippen molar-refractivity contribution >= 4 is 39.7 Å². The van der Waals surface area contributed by atoms with Crippen molar-refractivity contribution < 1.29 is 4.74 Å². The van der Waals surface area contributed by atoms with Crippen LogP contribution in [-0.2, 0) is 0 Å². The Labute approximate surface area is 140 Å². The number of isothiocyanates is 1. The zero-order valence-corrected chi connectivity index (χ0v) is 13.4. The first-order valence-corrected chi connectivity index (χ1v) is 7.52. The lowest BCUT2D eigenvalue weighted by molar-refractivity contribution is 0.416. The van der Waals surface area contributed by atoms with Crippen LogP contribution < -0.4 is 4.74 Å². The van der Waals surface area contributed by atoms with E-state index in [-0.39, 0.29) is 0 Å². The number of hydrogen-bond donors (Lipinski definition) is 0. The SMILES string of the molecule is COc1ccccc1N=C(N=C=S)c1cccc2ccccc12. The summed E-state index contributed by atoms with van der Waals surface area (Å²) in [5.74, 6) is 1.20. The third-order valence-corrected chi connectivity index (χ3v) is 3.58. The zero-order chi connectivity index (χ0) is 16.1. The van der Waals surface area contributed by atoms with Crippen LogP contribution in [0.1, 0.15) is 5.56 Å². The fourth-order valence-electron chi connectivity index (χ4n) is 2.45. The van der Waals surface area contributed by atoms with Crippen molar-refractivity contribution in [2.24, 2.45) is 9.98 Å². The summed E-state index contributed by atoms with van der Waals surface area (Å²) in [6.07, 6.45) is 0. The summed E-state index contributed by atoms with van der Waals surface area (Å²) in [6, 6.07) is 21.7. The molecule has 0 aliphatic heterocycles. The lowest BCUT2D eigenvalue weighted by atomic mass is 10.0. The van der Waals surface area contributed by atoms with Crippen LogP contribution in [0, 0.1) is 0 Å². The molecule has 3 rings (SSSR count). The number of hydrogen-bond acceptors (Lipinski definition) is 3. The van der Waals surface area contributed by atoms with Crippen LogP contribution in [0.3, 0.4) is 0 Å². The average molecular weight is 318 g/mol. The third-order valence-electron chi connectivity index (χ3n) is 3.49. The minimum absolute atomic E-state index is 0.515. The zero-order valence-electron chi connectivity index (χ0n) is 12.6. The van der Waals surface area contributed by atoms with Crippen molar-refractivity contribution in [3.8, 4) is 5.75 Å². The smallest absolute Gasteiger partial charge is 0.171 e. The highest BCUT2D eigenvalue weighted by Gasteiger charge is 2.09. The van der Waals surface area contributed by atoms with Gasteiger partial charge >= 0.3 is 0 Å². The highest BCUT2D eigenvalue weighted by Crippen LogP contribution is 2.28. The maximum atomic E-state index is 5.35. The van der Waals surface area contributed by atoms with Crippen LogP contribution in [0.2, 0.25) is 0 Å². The van der Waals surface area contributed by atoms with E-state index in [0.29, 0.717) is 17.3 Å². The Morgan fingerprint density at radius 1 is 0.957 bits per heavy atom. The fraction of sp³-hybridized carbons (Fsp3) is 0.0526. The number of para-hydroxylation sites is 2. The Kier molecular flexibility index (Phi) is 4.57. The first kappa shape index (κ1) is 15.1. The molecule has 4 heteroatoms.